The van der Waals surface area contributed by atoms with Gasteiger partial charge < -0.3 is 14.8 Å². The van der Waals surface area contributed by atoms with Crippen molar-refractivity contribution in [1.29, 1.82) is 0 Å². The van der Waals surface area contributed by atoms with Gasteiger partial charge in [-0.05, 0) is 60.4 Å². The van der Waals surface area contributed by atoms with Crippen LogP contribution in [0, 0.1) is 6.92 Å². The van der Waals surface area contributed by atoms with Crippen LogP contribution in [0.1, 0.15) is 22.4 Å². The van der Waals surface area contributed by atoms with Crippen molar-refractivity contribution < 1.29 is 19.1 Å². The summed E-state index contributed by atoms with van der Waals surface area (Å²) in [6.07, 6.45) is 5.38. The van der Waals surface area contributed by atoms with Crippen molar-refractivity contribution >= 4 is 18.0 Å². The molecule has 32 heavy (non-hydrogen) atoms. The Hall–Kier alpha value is -3.93. The first-order chi connectivity index (χ1) is 15.6. The Bertz CT molecular complexity index is 1050. The van der Waals surface area contributed by atoms with Crippen LogP contribution in [0.25, 0.3) is 6.08 Å². The van der Waals surface area contributed by atoms with Crippen molar-refractivity contribution in [2.75, 3.05) is 13.2 Å². The van der Waals surface area contributed by atoms with E-state index in [0.29, 0.717) is 18.9 Å². The summed E-state index contributed by atoms with van der Waals surface area (Å²) in [6, 6.07) is 21.0. The van der Waals surface area contributed by atoms with E-state index in [4.69, 9.17) is 9.47 Å². The number of carbonyl (C=O) groups is 2. The summed E-state index contributed by atoms with van der Waals surface area (Å²) >= 11 is 0. The molecule has 1 amide bonds. The van der Waals surface area contributed by atoms with Gasteiger partial charge in [0.25, 0.3) is 5.91 Å². The van der Waals surface area contributed by atoms with Crippen LogP contribution in [0.5, 0.6) is 5.75 Å². The Kier molecular flexibility index (Phi) is 8.57. The molecule has 2 aromatic carbocycles. The molecule has 0 bridgehead atoms. The Morgan fingerprint density at radius 2 is 1.78 bits per heavy atom. The highest BCUT2D eigenvalue weighted by atomic mass is 16.5. The monoisotopic (exact) mass is 430 g/mol. The van der Waals surface area contributed by atoms with E-state index in [1.807, 2.05) is 73.7 Å². The molecule has 1 heterocycles. The molecule has 0 saturated carbocycles. The fraction of sp³-hybridized carbons (Fsp3) is 0.192. The molecule has 0 spiro atoms. The SMILES string of the molecule is Cc1ccccc1CCNC(=O)COC(=O)/C=C/c1ccc(OCc2ccccn2)cc1. The van der Waals surface area contributed by atoms with E-state index in [9.17, 15) is 9.59 Å². The number of rotatable bonds is 10. The highest BCUT2D eigenvalue weighted by Crippen LogP contribution is 2.14. The zero-order valence-electron chi connectivity index (χ0n) is 18.0. The van der Waals surface area contributed by atoms with Gasteiger partial charge in [0.15, 0.2) is 6.61 Å². The second kappa shape index (κ2) is 12.1. The first-order valence-corrected chi connectivity index (χ1v) is 10.4. The van der Waals surface area contributed by atoms with Crippen LogP contribution in [-0.4, -0.2) is 30.0 Å². The van der Waals surface area contributed by atoms with Gasteiger partial charge in [-0.1, -0.05) is 42.5 Å². The predicted octanol–water partition coefficient (Wildman–Crippen LogP) is 3.88. The smallest absolute Gasteiger partial charge is 0.331 e. The third-order valence-electron chi connectivity index (χ3n) is 4.73. The van der Waals surface area contributed by atoms with Gasteiger partial charge in [0.1, 0.15) is 12.4 Å². The van der Waals surface area contributed by atoms with E-state index in [0.717, 1.165) is 17.7 Å². The van der Waals surface area contributed by atoms with Gasteiger partial charge in [0.2, 0.25) is 0 Å². The van der Waals surface area contributed by atoms with Gasteiger partial charge in [-0.2, -0.15) is 0 Å². The first kappa shape index (κ1) is 22.7. The maximum Gasteiger partial charge on any atom is 0.331 e. The number of hydrogen-bond donors (Lipinski definition) is 1. The number of amides is 1. The van der Waals surface area contributed by atoms with Crippen molar-refractivity contribution in [3.63, 3.8) is 0 Å². The molecule has 0 aliphatic carbocycles. The number of pyridine rings is 1. The Labute approximate surface area is 187 Å². The standard InChI is InChI=1S/C26H26N2O4/c1-20-6-2-3-7-22(20)15-17-28-25(29)19-32-26(30)14-11-21-9-12-24(13-10-21)31-18-23-8-4-5-16-27-23/h2-14,16H,15,17-19H2,1H3,(H,28,29)/b14-11+. The molecule has 0 radical (unpaired) electrons. The highest BCUT2D eigenvalue weighted by Gasteiger charge is 2.05. The van der Waals surface area contributed by atoms with E-state index in [-0.39, 0.29) is 12.5 Å². The predicted molar refractivity (Wildman–Crippen MR) is 123 cm³/mol. The number of ether oxygens (including phenoxy) is 2. The van der Waals surface area contributed by atoms with Crippen LogP contribution in [0.15, 0.2) is 79.0 Å². The number of hydrogen-bond acceptors (Lipinski definition) is 5. The lowest BCUT2D eigenvalue weighted by atomic mass is 10.1. The van der Waals surface area contributed by atoms with Crippen LogP contribution >= 0.6 is 0 Å². The molecule has 1 N–H and O–H groups in total. The van der Waals surface area contributed by atoms with Crippen molar-refractivity contribution in [2.45, 2.75) is 20.0 Å². The van der Waals surface area contributed by atoms with Crippen molar-refractivity contribution in [3.05, 3.63) is 101 Å². The van der Waals surface area contributed by atoms with Crippen molar-refractivity contribution in [2.24, 2.45) is 0 Å². The maximum absolute atomic E-state index is 11.9. The second-order valence-corrected chi connectivity index (χ2v) is 7.15. The molecule has 0 atom stereocenters. The minimum absolute atomic E-state index is 0.308. The van der Waals surface area contributed by atoms with E-state index in [1.165, 1.54) is 17.2 Å². The van der Waals surface area contributed by atoms with Crippen LogP contribution in [0.4, 0.5) is 0 Å². The normalized spacial score (nSPS) is 10.7. The van der Waals surface area contributed by atoms with Gasteiger partial charge >= 0.3 is 5.97 Å². The lowest BCUT2D eigenvalue weighted by Crippen LogP contribution is -2.30. The summed E-state index contributed by atoms with van der Waals surface area (Å²) in [5.74, 6) is -0.193. The van der Waals surface area contributed by atoms with Gasteiger partial charge in [0, 0.05) is 18.8 Å². The van der Waals surface area contributed by atoms with E-state index in [2.05, 4.69) is 10.3 Å². The largest absolute Gasteiger partial charge is 0.487 e. The van der Waals surface area contributed by atoms with Crippen molar-refractivity contribution in [3.8, 4) is 5.75 Å². The Morgan fingerprint density at radius 1 is 1.00 bits per heavy atom. The zero-order valence-corrected chi connectivity index (χ0v) is 18.0. The minimum Gasteiger partial charge on any atom is -0.487 e. The van der Waals surface area contributed by atoms with Gasteiger partial charge in [-0.15, -0.1) is 0 Å². The topological polar surface area (TPSA) is 77.5 Å². The fourth-order valence-electron chi connectivity index (χ4n) is 2.94. The highest BCUT2D eigenvalue weighted by molar-refractivity contribution is 5.89. The molecule has 0 saturated heterocycles. The molecule has 6 nitrogen and oxygen atoms in total. The van der Waals surface area contributed by atoms with Gasteiger partial charge in [-0.3, -0.25) is 9.78 Å². The Balaban J connectivity index is 1.35. The summed E-state index contributed by atoms with van der Waals surface area (Å²) in [6.45, 7) is 2.60. The molecule has 164 valence electrons. The fourth-order valence-corrected chi connectivity index (χ4v) is 2.94. The van der Waals surface area contributed by atoms with Gasteiger partial charge in [0.05, 0.1) is 5.69 Å². The summed E-state index contributed by atoms with van der Waals surface area (Å²) in [5.41, 5.74) is 4.03. The number of nitrogens with one attached hydrogen (secondary N) is 1. The maximum atomic E-state index is 11.9. The molecule has 3 aromatic rings. The summed E-state index contributed by atoms with van der Waals surface area (Å²) in [5, 5.41) is 2.76. The third kappa shape index (κ3) is 7.72. The first-order valence-electron chi connectivity index (χ1n) is 10.4. The molecule has 6 heteroatoms. The van der Waals surface area contributed by atoms with Gasteiger partial charge in [-0.25, -0.2) is 4.79 Å². The van der Waals surface area contributed by atoms with E-state index >= 15 is 0 Å². The summed E-state index contributed by atoms with van der Waals surface area (Å²) in [4.78, 5) is 27.9. The Morgan fingerprint density at radius 3 is 2.53 bits per heavy atom. The lowest BCUT2D eigenvalue weighted by Gasteiger charge is -2.07. The number of nitrogens with zero attached hydrogens (tertiary/aromatic N) is 1. The number of aromatic nitrogens is 1. The average molecular weight is 431 g/mol. The summed E-state index contributed by atoms with van der Waals surface area (Å²) < 4.78 is 10.7. The minimum atomic E-state index is -0.575. The molecule has 0 fully saturated rings. The molecule has 0 aliphatic rings. The molecular weight excluding hydrogens is 404 g/mol. The number of aryl methyl sites for hydroxylation is 1. The molecule has 0 unspecified atom stereocenters. The quantitative estimate of drug-likeness (QED) is 0.390. The second-order valence-electron chi connectivity index (χ2n) is 7.15. The van der Waals surface area contributed by atoms with Crippen LogP contribution in [0.3, 0.4) is 0 Å². The van der Waals surface area contributed by atoms with E-state index < -0.39 is 5.97 Å². The van der Waals surface area contributed by atoms with Crippen LogP contribution in [-0.2, 0) is 27.4 Å². The summed E-state index contributed by atoms with van der Waals surface area (Å²) in [7, 11) is 0. The lowest BCUT2D eigenvalue weighted by molar-refractivity contribution is -0.143. The number of esters is 1. The third-order valence-corrected chi connectivity index (χ3v) is 4.73. The zero-order chi connectivity index (χ0) is 22.6. The molecular formula is C26H26N2O4. The number of carbonyl (C=O) groups excluding carboxylic acids is 2. The molecule has 3 rings (SSSR count). The molecule has 1 aromatic heterocycles. The van der Waals surface area contributed by atoms with Crippen molar-refractivity contribution in [1.82, 2.24) is 10.3 Å². The van der Waals surface area contributed by atoms with Crippen LogP contribution < -0.4 is 10.1 Å². The van der Waals surface area contributed by atoms with E-state index in [1.54, 1.807) is 12.3 Å². The average Bonchev–Trinajstić information content (AvgIpc) is 2.82. The number of benzene rings is 2. The molecule has 0 aliphatic heterocycles. The van der Waals surface area contributed by atoms with Crippen LogP contribution in [0.2, 0.25) is 0 Å².